The zero-order valence-electron chi connectivity index (χ0n) is 13.1. The molecule has 2 aromatic carbocycles. The van der Waals surface area contributed by atoms with E-state index in [2.05, 4.69) is 15.6 Å². The lowest BCUT2D eigenvalue weighted by atomic mass is 10.1. The quantitative estimate of drug-likeness (QED) is 0.592. The van der Waals surface area contributed by atoms with Crippen LogP contribution in [0, 0.1) is 12.7 Å². The number of urea groups is 1. The molecule has 4 N–H and O–H groups in total. The lowest BCUT2D eigenvalue weighted by Gasteiger charge is -2.13. The lowest BCUT2D eigenvalue weighted by molar-refractivity contribution is 0.170. The number of carbonyl (C=O) groups is 1. The number of aromatic nitrogens is 1. The van der Waals surface area contributed by atoms with E-state index in [0.29, 0.717) is 5.69 Å². The molecule has 0 aliphatic carbocycles. The van der Waals surface area contributed by atoms with Crippen molar-refractivity contribution in [2.24, 2.45) is 0 Å². The molecular weight excluding hydrogens is 309 g/mol. The summed E-state index contributed by atoms with van der Waals surface area (Å²) in [4.78, 5) is 15.1. The van der Waals surface area contributed by atoms with Crippen molar-refractivity contribution < 1.29 is 14.3 Å². The van der Waals surface area contributed by atoms with E-state index in [1.54, 1.807) is 18.2 Å². The van der Waals surface area contributed by atoms with Crippen LogP contribution in [0.5, 0.6) is 0 Å². The van der Waals surface area contributed by atoms with Crippen molar-refractivity contribution in [3.63, 3.8) is 0 Å². The molecule has 0 spiro atoms. The predicted molar refractivity (Wildman–Crippen MR) is 91.4 cm³/mol. The number of amides is 2. The summed E-state index contributed by atoms with van der Waals surface area (Å²) in [7, 11) is 0. The van der Waals surface area contributed by atoms with Gasteiger partial charge in [0.25, 0.3) is 0 Å². The number of carbonyl (C=O) groups excluding carboxylic acids is 1. The van der Waals surface area contributed by atoms with Gasteiger partial charge >= 0.3 is 6.03 Å². The first-order valence-electron chi connectivity index (χ1n) is 7.59. The summed E-state index contributed by atoms with van der Waals surface area (Å²) in [5.41, 5.74) is 2.83. The monoisotopic (exact) mass is 327 g/mol. The van der Waals surface area contributed by atoms with Gasteiger partial charge in [0.05, 0.1) is 6.10 Å². The highest BCUT2D eigenvalue weighted by Gasteiger charge is 2.13. The topological polar surface area (TPSA) is 77.2 Å². The van der Waals surface area contributed by atoms with E-state index < -0.39 is 18.0 Å². The number of aryl methyl sites for hydroxylation is 1. The average Bonchev–Trinajstić information content (AvgIpc) is 2.92. The Morgan fingerprint density at radius 1 is 1.25 bits per heavy atom. The normalized spacial score (nSPS) is 12.1. The highest BCUT2D eigenvalue weighted by Crippen LogP contribution is 2.20. The first-order chi connectivity index (χ1) is 11.5. The van der Waals surface area contributed by atoms with Gasteiger partial charge in [-0.2, -0.15) is 0 Å². The summed E-state index contributed by atoms with van der Waals surface area (Å²) in [6.07, 6.45) is -1.10. The van der Waals surface area contributed by atoms with E-state index in [0.717, 1.165) is 16.6 Å². The van der Waals surface area contributed by atoms with Gasteiger partial charge in [-0.3, -0.25) is 0 Å². The molecule has 0 aliphatic heterocycles. The molecular formula is C18H18FN3O2. The van der Waals surface area contributed by atoms with E-state index in [-0.39, 0.29) is 12.1 Å². The minimum absolute atomic E-state index is 0.0850. The minimum atomic E-state index is -1.10. The number of H-pyrrole nitrogens is 1. The molecule has 124 valence electrons. The van der Waals surface area contributed by atoms with Gasteiger partial charge in [0.15, 0.2) is 0 Å². The molecule has 1 aromatic heterocycles. The molecule has 1 heterocycles. The van der Waals surface area contributed by atoms with Crippen LogP contribution in [0.1, 0.15) is 17.4 Å². The third-order valence-corrected chi connectivity index (χ3v) is 3.73. The molecule has 1 unspecified atom stereocenters. The van der Waals surface area contributed by atoms with E-state index in [1.807, 2.05) is 25.1 Å². The van der Waals surface area contributed by atoms with E-state index in [4.69, 9.17) is 0 Å². The number of aliphatic hydroxyl groups excluding tert-OH is 1. The van der Waals surface area contributed by atoms with Crippen LogP contribution in [-0.2, 0) is 0 Å². The second-order valence-electron chi connectivity index (χ2n) is 5.63. The largest absolute Gasteiger partial charge is 0.386 e. The van der Waals surface area contributed by atoms with Gasteiger partial charge < -0.3 is 20.7 Å². The van der Waals surface area contributed by atoms with Gasteiger partial charge in [-0.15, -0.1) is 0 Å². The second-order valence-corrected chi connectivity index (χ2v) is 5.63. The molecule has 6 heteroatoms. The van der Waals surface area contributed by atoms with Crippen LogP contribution in [0.25, 0.3) is 10.9 Å². The van der Waals surface area contributed by atoms with E-state index in [1.165, 1.54) is 12.1 Å². The molecule has 3 rings (SSSR count). The standard InChI is InChI=1S/C18H18FN3O2/c1-11-8-12-9-13(6-7-16(12)21-11)22-18(24)20-10-17(23)14-4-2-3-5-15(14)19/h2-9,17,21,23H,10H2,1H3,(H2,20,22,24). The predicted octanol–water partition coefficient (Wildman–Crippen LogP) is 3.47. The maximum absolute atomic E-state index is 13.6. The van der Waals surface area contributed by atoms with Crippen LogP contribution in [0.15, 0.2) is 48.5 Å². The summed E-state index contributed by atoms with van der Waals surface area (Å²) in [5, 5.41) is 16.2. The number of halogens is 1. The Morgan fingerprint density at radius 2 is 2.04 bits per heavy atom. The first-order valence-corrected chi connectivity index (χ1v) is 7.59. The highest BCUT2D eigenvalue weighted by atomic mass is 19.1. The zero-order valence-corrected chi connectivity index (χ0v) is 13.1. The molecule has 0 radical (unpaired) electrons. The van der Waals surface area contributed by atoms with Crippen molar-refractivity contribution in [2.45, 2.75) is 13.0 Å². The number of nitrogens with one attached hydrogen (secondary N) is 3. The molecule has 3 aromatic rings. The number of hydrogen-bond donors (Lipinski definition) is 4. The van der Waals surface area contributed by atoms with Crippen LogP contribution < -0.4 is 10.6 Å². The van der Waals surface area contributed by atoms with Crippen molar-refractivity contribution >= 4 is 22.6 Å². The van der Waals surface area contributed by atoms with E-state index in [9.17, 15) is 14.3 Å². The van der Waals surface area contributed by atoms with Crippen molar-refractivity contribution in [3.05, 3.63) is 65.6 Å². The number of rotatable bonds is 4. The second kappa shape index (κ2) is 6.72. The zero-order chi connectivity index (χ0) is 17.1. The summed E-state index contributed by atoms with van der Waals surface area (Å²) < 4.78 is 13.6. The number of benzene rings is 2. The molecule has 0 fully saturated rings. The number of aromatic amines is 1. The van der Waals surface area contributed by atoms with Gasteiger partial charge in [0, 0.05) is 34.4 Å². The maximum atomic E-state index is 13.6. The first kappa shape index (κ1) is 16.0. The van der Waals surface area contributed by atoms with E-state index >= 15 is 0 Å². The number of anilines is 1. The van der Waals surface area contributed by atoms with Crippen LogP contribution in [-0.4, -0.2) is 22.7 Å². The maximum Gasteiger partial charge on any atom is 0.319 e. The SMILES string of the molecule is Cc1cc2cc(NC(=O)NCC(O)c3ccccc3F)ccc2[nH]1. The average molecular weight is 327 g/mol. The Hall–Kier alpha value is -2.86. The summed E-state index contributed by atoms with van der Waals surface area (Å²) >= 11 is 0. The lowest BCUT2D eigenvalue weighted by Crippen LogP contribution is -2.32. The smallest absolute Gasteiger partial charge is 0.319 e. The number of hydrogen-bond acceptors (Lipinski definition) is 2. The van der Waals surface area contributed by atoms with Gasteiger partial charge in [-0.05, 0) is 37.3 Å². The molecule has 2 amide bonds. The fourth-order valence-corrected chi connectivity index (χ4v) is 2.58. The van der Waals surface area contributed by atoms with Crippen molar-refractivity contribution in [2.75, 3.05) is 11.9 Å². The molecule has 1 atom stereocenters. The van der Waals surface area contributed by atoms with Gasteiger partial charge in [-0.1, -0.05) is 18.2 Å². The molecule has 0 aliphatic rings. The summed E-state index contributed by atoms with van der Waals surface area (Å²) in [6.45, 7) is 1.88. The minimum Gasteiger partial charge on any atom is -0.386 e. The fraction of sp³-hybridized carbons (Fsp3) is 0.167. The molecule has 0 saturated heterocycles. The summed E-state index contributed by atoms with van der Waals surface area (Å²) in [6, 6.07) is 13.0. The Labute approximate surface area is 138 Å². The van der Waals surface area contributed by atoms with Gasteiger partial charge in [0.1, 0.15) is 5.82 Å². The fourth-order valence-electron chi connectivity index (χ4n) is 2.58. The van der Waals surface area contributed by atoms with Crippen molar-refractivity contribution in [1.82, 2.24) is 10.3 Å². The Bertz CT molecular complexity index is 876. The van der Waals surface area contributed by atoms with Crippen molar-refractivity contribution in [1.29, 1.82) is 0 Å². The molecule has 5 nitrogen and oxygen atoms in total. The molecule has 24 heavy (non-hydrogen) atoms. The summed E-state index contributed by atoms with van der Waals surface area (Å²) in [5.74, 6) is -0.500. The van der Waals surface area contributed by atoms with Crippen molar-refractivity contribution in [3.8, 4) is 0 Å². The highest BCUT2D eigenvalue weighted by molar-refractivity contribution is 5.93. The van der Waals surface area contributed by atoms with Gasteiger partial charge in [0.2, 0.25) is 0 Å². The Morgan fingerprint density at radius 3 is 2.83 bits per heavy atom. The van der Waals surface area contributed by atoms with Crippen LogP contribution in [0.2, 0.25) is 0 Å². The number of aliphatic hydroxyl groups is 1. The van der Waals surface area contributed by atoms with Crippen LogP contribution >= 0.6 is 0 Å². The van der Waals surface area contributed by atoms with Crippen LogP contribution in [0.3, 0.4) is 0 Å². The Kier molecular flexibility index (Phi) is 4.48. The Balaban J connectivity index is 1.59. The molecule has 0 bridgehead atoms. The number of fused-ring (bicyclic) bond motifs is 1. The third-order valence-electron chi connectivity index (χ3n) is 3.73. The third kappa shape index (κ3) is 3.55. The molecule has 0 saturated carbocycles. The van der Waals surface area contributed by atoms with Gasteiger partial charge in [-0.25, -0.2) is 9.18 Å². The van der Waals surface area contributed by atoms with Crippen LogP contribution in [0.4, 0.5) is 14.9 Å².